The molecule has 0 bridgehead atoms. The first-order valence-corrected chi connectivity index (χ1v) is 8.85. The first kappa shape index (κ1) is 17.9. The molecule has 0 heterocycles. The minimum Gasteiger partial charge on any atom is -0.478 e. The van der Waals surface area contributed by atoms with Gasteiger partial charge in [0.1, 0.15) is 0 Å². The molecule has 2 aromatic carbocycles. The molecule has 2 N–H and O–H groups in total. The molecule has 5 nitrogen and oxygen atoms in total. The van der Waals surface area contributed by atoms with Crippen LogP contribution < -0.4 is 5.32 Å². The summed E-state index contributed by atoms with van der Waals surface area (Å²) in [4.78, 5) is 36.9. The summed E-state index contributed by atoms with van der Waals surface area (Å²) in [5.41, 5.74) is 0.781. The van der Waals surface area contributed by atoms with Crippen molar-refractivity contribution in [2.24, 2.45) is 5.92 Å². The van der Waals surface area contributed by atoms with E-state index in [1.165, 1.54) is 12.1 Å². The summed E-state index contributed by atoms with van der Waals surface area (Å²) in [6, 6.07) is 12.8. The predicted molar refractivity (Wildman–Crippen MR) is 98.5 cm³/mol. The molecule has 0 saturated heterocycles. The van der Waals surface area contributed by atoms with Crippen LogP contribution in [0.4, 0.5) is 5.69 Å². The van der Waals surface area contributed by atoms with Crippen LogP contribution in [-0.4, -0.2) is 22.8 Å². The molecule has 0 aliphatic heterocycles. The summed E-state index contributed by atoms with van der Waals surface area (Å²) in [5.74, 6) is -1.67. The lowest BCUT2D eigenvalue weighted by Crippen LogP contribution is -2.25. The molecule has 1 fully saturated rings. The fourth-order valence-corrected chi connectivity index (χ4v) is 3.40. The Hall–Kier alpha value is -2.95. The maximum atomic E-state index is 12.9. The molecule has 2 aromatic rings. The number of amides is 1. The van der Waals surface area contributed by atoms with Gasteiger partial charge in [-0.1, -0.05) is 49.6 Å². The second-order valence-electron chi connectivity index (χ2n) is 6.55. The van der Waals surface area contributed by atoms with Gasteiger partial charge in [-0.3, -0.25) is 9.59 Å². The van der Waals surface area contributed by atoms with E-state index in [0.717, 1.165) is 32.1 Å². The van der Waals surface area contributed by atoms with Gasteiger partial charge in [-0.25, -0.2) is 4.79 Å². The molecule has 0 aromatic heterocycles. The summed E-state index contributed by atoms with van der Waals surface area (Å²) < 4.78 is 0. The third-order valence-corrected chi connectivity index (χ3v) is 4.81. The molecule has 0 unspecified atom stereocenters. The lowest BCUT2D eigenvalue weighted by Gasteiger charge is -2.21. The number of carboxylic acids is 1. The van der Waals surface area contributed by atoms with E-state index in [4.69, 9.17) is 0 Å². The number of rotatable bonds is 5. The number of carbonyl (C=O) groups excluding carboxylic acids is 2. The van der Waals surface area contributed by atoms with E-state index in [1.54, 1.807) is 36.4 Å². The second kappa shape index (κ2) is 7.95. The van der Waals surface area contributed by atoms with Crippen molar-refractivity contribution in [3.63, 3.8) is 0 Å². The normalized spacial score (nSPS) is 14.6. The van der Waals surface area contributed by atoms with E-state index in [1.807, 2.05) is 0 Å². The number of carbonyl (C=O) groups is 3. The number of ketones is 1. The van der Waals surface area contributed by atoms with Crippen LogP contribution >= 0.6 is 0 Å². The van der Waals surface area contributed by atoms with Crippen LogP contribution in [0.2, 0.25) is 0 Å². The van der Waals surface area contributed by atoms with Crippen LogP contribution in [0.3, 0.4) is 0 Å². The Morgan fingerprint density at radius 1 is 0.808 bits per heavy atom. The lowest BCUT2D eigenvalue weighted by atomic mass is 9.88. The average molecular weight is 351 g/mol. The molecule has 134 valence electrons. The minimum atomic E-state index is -1.15. The lowest BCUT2D eigenvalue weighted by molar-refractivity contribution is -0.120. The molecule has 5 heteroatoms. The molecular weight excluding hydrogens is 330 g/mol. The van der Waals surface area contributed by atoms with Crippen molar-refractivity contribution in [1.29, 1.82) is 0 Å². The Morgan fingerprint density at radius 3 is 2.04 bits per heavy atom. The average Bonchev–Trinajstić information content (AvgIpc) is 2.68. The summed E-state index contributed by atoms with van der Waals surface area (Å²) >= 11 is 0. The molecule has 1 amide bonds. The number of carboxylic acid groups (broad SMARTS) is 1. The van der Waals surface area contributed by atoms with Gasteiger partial charge in [-0.2, -0.15) is 0 Å². The molecule has 0 spiro atoms. The van der Waals surface area contributed by atoms with Crippen LogP contribution in [-0.2, 0) is 4.79 Å². The second-order valence-corrected chi connectivity index (χ2v) is 6.55. The van der Waals surface area contributed by atoms with Crippen molar-refractivity contribution in [3.05, 3.63) is 65.2 Å². The molecule has 3 rings (SSSR count). The van der Waals surface area contributed by atoms with Gasteiger partial charge in [0.2, 0.25) is 5.91 Å². The van der Waals surface area contributed by atoms with Crippen molar-refractivity contribution < 1.29 is 19.5 Å². The summed E-state index contributed by atoms with van der Waals surface area (Å²) in [5, 5.41) is 12.2. The van der Waals surface area contributed by atoms with Gasteiger partial charge in [0.25, 0.3) is 0 Å². The van der Waals surface area contributed by atoms with E-state index < -0.39 is 11.8 Å². The highest BCUT2D eigenvalue weighted by molar-refractivity contribution is 6.17. The Morgan fingerprint density at radius 2 is 1.38 bits per heavy atom. The summed E-state index contributed by atoms with van der Waals surface area (Å²) in [6.07, 6.45) is 4.98. The number of anilines is 1. The van der Waals surface area contributed by atoms with E-state index >= 15 is 0 Å². The monoisotopic (exact) mass is 351 g/mol. The molecule has 0 radical (unpaired) electrons. The van der Waals surface area contributed by atoms with Gasteiger partial charge < -0.3 is 10.4 Å². The van der Waals surface area contributed by atoms with E-state index in [-0.39, 0.29) is 23.0 Å². The number of para-hydroxylation sites is 1. The molecular formula is C21H21NO4. The smallest absolute Gasteiger partial charge is 0.336 e. The number of nitrogens with one attached hydrogen (secondary N) is 1. The highest BCUT2D eigenvalue weighted by atomic mass is 16.4. The highest BCUT2D eigenvalue weighted by Crippen LogP contribution is 2.27. The Labute approximate surface area is 152 Å². The number of benzene rings is 2. The Balaban J connectivity index is 1.88. The molecule has 0 atom stereocenters. The van der Waals surface area contributed by atoms with Gasteiger partial charge in [0.05, 0.1) is 11.3 Å². The van der Waals surface area contributed by atoms with E-state index in [0.29, 0.717) is 11.3 Å². The van der Waals surface area contributed by atoms with Gasteiger partial charge in [0.15, 0.2) is 5.78 Å². The largest absolute Gasteiger partial charge is 0.478 e. The van der Waals surface area contributed by atoms with Gasteiger partial charge in [-0.15, -0.1) is 0 Å². The van der Waals surface area contributed by atoms with Crippen molar-refractivity contribution in [2.75, 3.05) is 5.32 Å². The standard InChI is InChI=1S/C21H21NO4/c23-19(15-10-4-5-11-16(15)21(25)26)17-12-6-7-13-18(17)22-20(24)14-8-2-1-3-9-14/h4-7,10-14H,1-3,8-9H2,(H,22,24)(H,25,26). The van der Waals surface area contributed by atoms with Crippen molar-refractivity contribution in [2.45, 2.75) is 32.1 Å². The molecule has 26 heavy (non-hydrogen) atoms. The fourth-order valence-electron chi connectivity index (χ4n) is 3.40. The predicted octanol–water partition coefficient (Wildman–Crippen LogP) is 4.13. The summed E-state index contributed by atoms with van der Waals surface area (Å²) in [7, 11) is 0. The van der Waals surface area contributed by atoms with E-state index in [9.17, 15) is 19.5 Å². The SMILES string of the molecule is O=C(O)c1ccccc1C(=O)c1ccccc1NC(=O)C1CCCCC1. The first-order chi connectivity index (χ1) is 12.6. The van der Waals surface area contributed by atoms with Crippen molar-refractivity contribution in [3.8, 4) is 0 Å². The van der Waals surface area contributed by atoms with Crippen LogP contribution in [0.25, 0.3) is 0 Å². The Kier molecular flexibility index (Phi) is 5.46. The third kappa shape index (κ3) is 3.82. The zero-order valence-electron chi connectivity index (χ0n) is 14.4. The van der Waals surface area contributed by atoms with Crippen LogP contribution in [0.15, 0.2) is 48.5 Å². The molecule has 1 saturated carbocycles. The Bertz CT molecular complexity index is 837. The third-order valence-electron chi connectivity index (χ3n) is 4.81. The maximum Gasteiger partial charge on any atom is 0.336 e. The van der Waals surface area contributed by atoms with E-state index in [2.05, 4.69) is 5.32 Å². The first-order valence-electron chi connectivity index (χ1n) is 8.85. The number of hydrogen-bond donors (Lipinski definition) is 2. The van der Waals surface area contributed by atoms with Crippen LogP contribution in [0, 0.1) is 5.92 Å². The van der Waals surface area contributed by atoms with Crippen molar-refractivity contribution in [1.82, 2.24) is 0 Å². The molecule has 1 aliphatic carbocycles. The summed E-state index contributed by atoms with van der Waals surface area (Å²) in [6.45, 7) is 0. The van der Waals surface area contributed by atoms with Crippen molar-refractivity contribution >= 4 is 23.3 Å². The zero-order valence-corrected chi connectivity index (χ0v) is 14.4. The highest BCUT2D eigenvalue weighted by Gasteiger charge is 2.24. The van der Waals surface area contributed by atoms with Crippen LogP contribution in [0.5, 0.6) is 0 Å². The minimum absolute atomic E-state index is 0.0294. The van der Waals surface area contributed by atoms with Crippen LogP contribution in [0.1, 0.15) is 58.4 Å². The quantitative estimate of drug-likeness (QED) is 0.793. The topological polar surface area (TPSA) is 83.5 Å². The number of hydrogen-bond acceptors (Lipinski definition) is 3. The fraction of sp³-hybridized carbons (Fsp3) is 0.286. The molecule has 1 aliphatic rings. The zero-order chi connectivity index (χ0) is 18.5. The van der Waals surface area contributed by atoms with Gasteiger partial charge >= 0.3 is 5.97 Å². The van der Waals surface area contributed by atoms with Gasteiger partial charge in [0, 0.05) is 17.0 Å². The number of aromatic carboxylic acids is 1. The van der Waals surface area contributed by atoms with Gasteiger partial charge in [-0.05, 0) is 31.0 Å². The maximum absolute atomic E-state index is 12.9.